The number of carbonyl (C=O) groups excluding carboxylic acids is 1. The van der Waals surface area contributed by atoms with Gasteiger partial charge in [0.25, 0.3) is 5.91 Å². The molecule has 0 bridgehead atoms. The number of carbonyl (C=O) groups is 2. The predicted octanol–water partition coefficient (Wildman–Crippen LogP) is 3.00. The Bertz CT molecular complexity index is 535. The van der Waals surface area contributed by atoms with Crippen molar-refractivity contribution in [1.82, 2.24) is 4.90 Å². The van der Waals surface area contributed by atoms with Crippen LogP contribution in [0, 0.1) is 5.92 Å². The zero-order valence-corrected chi connectivity index (χ0v) is 12.7. The van der Waals surface area contributed by atoms with Crippen LogP contribution in [-0.4, -0.2) is 40.7 Å². The second-order valence-corrected chi connectivity index (χ2v) is 6.39. The highest BCUT2D eigenvalue weighted by atomic mass is 35.5. The van der Waals surface area contributed by atoms with Crippen LogP contribution >= 0.6 is 23.4 Å². The van der Waals surface area contributed by atoms with Gasteiger partial charge in [-0.25, -0.2) is 0 Å². The quantitative estimate of drug-likeness (QED) is 0.868. The molecule has 6 heteroatoms. The molecule has 0 saturated carbocycles. The van der Waals surface area contributed by atoms with Crippen molar-refractivity contribution in [3.05, 3.63) is 28.8 Å². The van der Waals surface area contributed by atoms with Crippen LogP contribution in [0.1, 0.15) is 23.7 Å². The topological polar surface area (TPSA) is 57.6 Å². The van der Waals surface area contributed by atoms with Gasteiger partial charge in [0.2, 0.25) is 0 Å². The smallest absolute Gasteiger partial charge is 0.308 e. The van der Waals surface area contributed by atoms with Crippen molar-refractivity contribution in [3.63, 3.8) is 0 Å². The van der Waals surface area contributed by atoms with Gasteiger partial charge in [-0.15, -0.1) is 11.8 Å². The first-order chi connectivity index (χ1) is 9.52. The van der Waals surface area contributed by atoms with Crippen LogP contribution in [-0.2, 0) is 4.79 Å². The van der Waals surface area contributed by atoms with E-state index in [4.69, 9.17) is 16.7 Å². The summed E-state index contributed by atoms with van der Waals surface area (Å²) in [5, 5.41) is 9.52. The average molecular weight is 314 g/mol. The third kappa shape index (κ3) is 3.27. The molecule has 1 aromatic rings. The van der Waals surface area contributed by atoms with Crippen LogP contribution in [0.5, 0.6) is 0 Å². The Kier molecular flexibility index (Phi) is 4.94. The lowest BCUT2D eigenvalue weighted by molar-refractivity contribution is -0.141. The molecule has 1 heterocycles. The summed E-state index contributed by atoms with van der Waals surface area (Å²) in [7, 11) is 0. The fraction of sp³-hybridized carbons (Fsp3) is 0.429. The second kappa shape index (κ2) is 6.50. The lowest BCUT2D eigenvalue weighted by Gasteiger charge is -2.18. The van der Waals surface area contributed by atoms with Crippen LogP contribution in [0.25, 0.3) is 0 Å². The van der Waals surface area contributed by atoms with Gasteiger partial charge in [0.1, 0.15) is 0 Å². The zero-order valence-electron chi connectivity index (χ0n) is 11.1. The van der Waals surface area contributed by atoms with E-state index in [0.717, 1.165) is 10.6 Å². The molecule has 1 aliphatic rings. The van der Waals surface area contributed by atoms with E-state index in [9.17, 15) is 9.59 Å². The number of hydrogen-bond donors (Lipinski definition) is 1. The largest absolute Gasteiger partial charge is 0.481 e. The molecular formula is C14H16ClNO3S. The number of hydrogen-bond acceptors (Lipinski definition) is 3. The van der Waals surface area contributed by atoms with E-state index >= 15 is 0 Å². The van der Waals surface area contributed by atoms with Gasteiger partial charge in [0, 0.05) is 23.0 Å². The molecule has 1 unspecified atom stereocenters. The number of carboxylic acid groups (broad SMARTS) is 1. The molecule has 0 aliphatic carbocycles. The number of aliphatic carboxylic acids is 1. The van der Waals surface area contributed by atoms with Crippen molar-refractivity contribution in [2.45, 2.75) is 18.2 Å². The lowest BCUT2D eigenvalue weighted by atomic mass is 10.1. The third-order valence-corrected chi connectivity index (χ3v) is 4.49. The maximum Gasteiger partial charge on any atom is 0.308 e. The molecule has 0 aromatic heterocycles. The number of carboxylic acids is 1. The SMILES string of the molecule is CCSc1ccc(Cl)cc1C(=O)N1CCC(C(=O)O)C1. The number of amides is 1. The molecule has 0 spiro atoms. The van der Waals surface area contributed by atoms with Gasteiger partial charge in [-0.2, -0.15) is 0 Å². The fourth-order valence-electron chi connectivity index (χ4n) is 2.27. The predicted molar refractivity (Wildman–Crippen MR) is 79.5 cm³/mol. The summed E-state index contributed by atoms with van der Waals surface area (Å²) in [6.07, 6.45) is 0.512. The van der Waals surface area contributed by atoms with E-state index in [0.29, 0.717) is 23.6 Å². The van der Waals surface area contributed by atoms with Gasteiger partial charge < -0.3 is 10.0 Å². The van der Waals surface area contributed by atoms with Crippen molar-refractivity contribution in [3.8, 4) is 0 Å². The van der Waals surface area contributed by atoms with Gasteiger partial charge in [-0.3, -0.25) is 9.59 Å². The van der Waals surface area contributed by atoms with Gasteiger partial charge in [-0.1, -0.05) is 18.5 Å². The van der Waals surface area contributed by atoms with Gasteiger partial charge in [0.05, 0.1) is 11.5 Å². The monoisotopic (exact) mass is 313 g/mol. The number of halogens is 1. The summed E-state index contributed by atoms with van der Waals surface area (Å²) in [6.45, 7) is 2.78. The first-order valence-corrected chi connectivity index (χ1v) is 7.83. The zero-order chi connectivity index (χ0) is 14.7. The Morgan fingerprint density at radius 1 is 1.50 bits per heavy atom. The number of nitrogens with zero attached hydrogens (tertiary/aromatic N) is 1. The molecular weight excluding hydrogens is 298 g/mol. The van der Waals surface area contributed by atoms with E-state index in [2.05, 4.69) is 0 Å². The summed E-state index contributed by atoms with van der Waals surface area (Å²) < 4.78 is 0. The van der Waals surface area contributed by atoms with Crippen LogP contribution < -0.4 is 0 Å². The summed E-state index contributed by atoms with van der Waals surface area (Å²) in [5.41, 5.74) is 0.565. The minimum absolute atomic E-state index is 0.132. The first-order valence-electron chi connectivity index (χ1n) is 6.47. The van der Waals surface area contributed by atoms with E-state index in [1.54, 1.807) is 28.8 Å². The fourth-order valence-corrected chi connectivity index (χ4v) is 3.22. The minimum Gasteiger partial charge on any atom is -0.481 e. The van der Waals surface area contributed by atoms with Gasteiger partial charge in [0.15, 0.2) is 0 Å². The van der Waals surface area contributed by atoms with Crippen molar-refractivity contribution < 1.29 is 14.7 Å². The molecule has 1 aromatic carbocycles. The van der Waals surface area contributed by atoms with Gasteiger partial charge in [-0.05, 0) is 30.4 Å². The molecule has 1 fully saturated rings. The molecule has 1 saturated heterocycles. The first kappa shape index (κ1) is 15.2. The molecule has 1 atom stereocenters. The normalized spacial score (nSPS) is 18.3. The van der Waals surface area contributed by atoms with Crippen molar-refractivity contribution in [2.24, 2.45) is 5.92 Å². The molecule has 0 radical (unpaired) electrons. The number of likely N-dealkylation sites (tertiary alicyclic amines) is 1. The Morgan fingerprint density at radius 2 is 2.25 bits per heavy atom. The Morgan fingerprint density at radius 3 is 2.85 bits per heavy atom. The Balaban J connectivity index is 2.21. The number of rotatable bonds is 4. The van der Waals surface area contributed by atoms with Crippen LogP contribution in [0.15, 0.2) is 23.1 Å². The standard InChI is InChI=1S/C14H16ClNO3S/c1-2-20-12-4-3-10(15)7-11(12)13(17)16-6-5-9(8-16)14(18)19/h3-4,7,9H,2,5-6,8H2,1H3,(H,18,19). The molecule has 4 nitrogen and oxygen atoms in total. The Labute approximate surface area is 127 Å². The maximum absolute atomic E-state index is 12.5. The second-order valence-electron chi connectivity index (χ2n) is 4.65. The van der Waals surface area contributed by atoms with Crippen LogP contribution in [0.3, 0.4) is 0 Å². The van der Waals surface area contributed by atoms with Crippen LogP contribution in [0.4, 0.5) is 0 Å². The summed E-state index contributed by atoms with van der Waals surface area (Å²) in [6, 6.07) is 5.27. The van der Waals surface area contributed by atoms with Crippen molar-refractivity contribution >= 4 is 35.2 Å². The van der Waals surface area contributed by atoms with E-state index in [1.807, 2.05) is 13.0 Å². The maximum atomic E-state index is 12.5. The Hall–Kier alpha value is -1.20. The lowest BCUT2D eigenvalue weighted by Crippen LogP contribution is -2.30. The highest BCUT2D eigenvalue weighted by Crippen LogP contribution is 2.28. The minimum atomic E-state index is -0.838. The molecule has 108 valence electrons. The molecule has 1 amide bonds. The highest BCUT2D eigenvalue weighted by Gasteiger charge is 2.32. The van der Waals surface area contributed by atoms with Crippen molar-refractivity contribution in [1.29, 1.82) is 0 Å². The average Bonchev–Trinajstić information content (AvgIpc) is 2.90. The van der Waals surface area contributed by atoms with E-state index in [-0.39, 0.29) is 12.5 Å². The molecule has 2 rings (SSSR count). The number of benzene rings is 1. The molecule has 1 aliphatic heterocycles. The van der Waals surface area contributed by atoms with Gasteiger partial charge >= 0.3 is 5.97 Å². The molecule has 20 heavy (non-hydrogen) atoms. The van der Waals surface area contributed by atoms with E-state index < -0.39 is 11.9 Å². The third-order valence-electron chi connectivity index (χ3n) is 3.30. The summed E-state index contributed by atoms with van der Waals surface area (Å²) in [4.78, 5) is 26.0. The van der Waals surface area contributed by atoms with Crippen LogP contribution in [0.2, 0.25) is 5.02 Å². The highest BCUT2D eigenvalue weighted by molar-refractivity contribution is 7.99. The summed E-state index contributed by atoms with van der Waals surface area (Å²) in [5.74, 6) is -0.568. The summed E-state index contributed by atoms with van der Waals surface area (Å²) >= 11 is 7.56. The molecule has 1 N–H and O–H groups in total. The van der Waals surface area contributed by atoms with Crippen molar-refractivity contribution in [2.75, 3.05) is 18.8 Å². The van der Waals surface area contributed by atoms with E-state index in [1.165, 1.54) is 0 Å². The number of thioether (sulfide) groups is 1.